The molecule has 134 valence electrons. The fraction of sp³-hybridized carbons (Fsp3) is 0.412. The van der Waals surface area contributed by atoms with Gasteiger partial charge in [-0.2, -0.15) is 0 Å². The van der Waals surface area contributed by atoms with Gasteiger partial charge in [-0.3, -0.25) is 9.00 Å². The van der Waals surface area contributed by atoms with Gasteiger partial charge in [-0.1, -0.05) is 5.16 Å². The molecular formula is C17H20FN3O3S. The number of piperazine rings is 1. The maximum absolute atomic E-state index is 13.0. The van der Waals surface area contributed by atoms with Gasteiger partial charge in [0.25, 0.3) is 0 Å². The molecule has 0 radical (unpaired) electrons. The van der Waals surface area contributed by atoms with E-state index in [1.165, 1.54) is 12.1 Å². The van der Waals surface area contributed by atoms with Crippen LogP contribution >= 0.6 is 0 Å². The molecule has 3 rings (SSSR count). The third-order valence-electron chi connectivity index (χ3n) is 4.09. The molecule has 1 fully saturated rings. The van der Waals surface area contributed by atoms with Gasteiger partial charge in [0.05, 0.1) is 11.4 Å². The van der Waals surface area contributed by atoms with E-state index in [0.717, 1.165) is 11.4 Å². The van der Waals surface area contributed by atoms with E-state index in [1.54, 1.807) is 30.0 Å². The van der Waals surface area contributed by atoms with Gasteiger partial charge in [0.2, 0.25) is 5.91 Å². The Morgan fingerprint density at radius 1 is 1.24 bits per heavy atom. The second kappa shape index (κ2) is 7.77. The third-order valence-corrected chi connectivity index (χ3v) is 5.26. The standard InChI is InChI=1S/C17H20FN3O3S/c1-13-10-16(24-19-13)11-25(23)12-17(22)21-8-6-20(7-9-21)15-4-2-14(18)3-5-15/h2-5,10H,6-9,11-12H2,1H3. The van der Waals surface area contributed by atoms with Crippen molar-refractivity contribution in [3.63, 3.8) is 0 Å². The fourth-order valence-electron chi connectivity index (χ4n) is 2.79. The molecular weight excluding hydrogens is 345 g/mol. The molecule has 0 aliphatic carbocycles. The molecule has 8 heteroatoms. The van der Waals surface area contributed by atoms with E-state index < -0.39 is 10.8 Å². The van der Waals surface area contributed by atoms with Crippen LogP contribution in [0.3, 0.4) is 0 Å². The van der Waals surface area contributed by atoms with Crippen LogP contribution in [-0.4, -0.2) is 52.1 Å². The highest BCUT2D eigenvalue weighted by atomic mass is 32.2. The van der Waals surface area contributed by atoms with E-state index in [1.807, 2.05) is 0 Å². The predicted molar refractivity (Wildman–Crippen MR) is 93.1 cm³/mol. The van der Waals surface area contributed by atoms with Gasteiger partial charge >= 0.3 is 0 Å². The second-order valence-corrected chi connectivity index (χ2v) is 7.46. The van der Waals surface area contributed by atoms with Crippen molar-refractivity contribution in [1.82, 2.24) is 10.1 Å². The predicted octanol–water partition coefficient (Wildman–Crippen LogP) is 1.72. The number of benzene rings is 1. The molecule has 0 saturated carbocycles. The molecule has 1 aliphatic heterocycles. The maximum Gasteiger partial charge on any atom is 0.235 e. The number of hydrogen-bond acceptors (Lipinski definition) is 5. The lowest BCUT2D eigenvalue weighted by atomic mass is 10.2. The molecule has 0 spiro atoms. The number of aromatic nitrogens is 1. The molecule has 1 aromatic heterocycles. The Morgan fingerprint density at radius 3 is 2.52 bits per heavy atom. The summed E-state index contributed by atoms with van der Waals surface area (Å²) in [6, 6.07) is 8.06. The minimum atomic E-state index is -1.32. The fourth-order valence-corrected chi connectivity index (χ4v) is 3.80. The van der Waals surface area contributed by atoms with Crippen LogP contribution in [0.4, 0.5) is 10.1 Å². The number of anilines is 1. The summed E-state index contributed by atoms with van der Waals surface area (Å²) in [5.74, 6) is 0.332. The number of aryl methyl sites for hydroxylation is 1. The Balaban J connectivity index is 1.48. The number of carbonyl (C=O) groups is 1. The first-order valence-corrected chi connectivity index (χ1v) is 9.55. The molecule has 1 aromatic carbocycles. The lowest BCUT2D eigenvalue weighted by Gasteiger charge is -2.36. The van der Waals surface area contributed by atoms with E-state index in [0.29, 0.717) is 31.9 Å². The number of rotatable bonds is 5. The van der Waals surface area contributed by atoms with Crippen LogP contribution < -0.4 is 4.90 Å². The molecule has 0 bridgehead atoms. The monoisotopic (exact) mass is 365 g/mol. The Labute approximate surface area is 148 Å². The highest BCUT2D eigenvalue weighted by Gasteiger charge is 2.23. The molecule has 1 amide bonds. The summed E-state index contributed by atoms with van der Waals surface area (Å²) in [7, 11) is -1.32. The van der Waals surface area contributed by atoms with Crippen LogP contribution in [0.25, 0.3) is 0 Å². The van der Waals surface area contributed by atoms with E-state index in [-0.39, 0.29) is 23.2 Å². The Hall–Kier alpha value is -2.22. The van der Waals surface area contributed by atoms with Crippen LogP contribution in [0.2, 0.25) is 0 Å². The number of halogens is 1. The zero-order valence-electron chi connectivity index (χ0n) is 14.0. The lowest BCUT2D eigenvalue weighted by molar-refractivity contribution is -0.128. The van der Waals surface area contributed by atoms with Gasteiger partial charge in [0.15, 0.2) is 0 Å². The molecule has 2 heterocycles. The Morgan fingerprint density at radius 2 is 1.92 bits per heavy atom. The van der Waals surface area contributed by atoms with Crippen molar-refractivity contribution in [3.8, 4) is 0 Å². The summed E-state index contributed by atoms with van der Waals surface area (Å²) >= 11 is 0. The molecule has 0 N–H and O–H groups in total. The van der Waals surface area contributed by atoms with Crippen molar-refractivity contribution < 1.29 is 17.9 Å². The highest BCUT2D eigenvalue weighted by molar-refractivity contribution is 7.84. The maximum atomic E-state index is 13.0. The van der Waals surface area contributed by atoms with Crippen molar-refractivity contribution in [2.75, 3.05) is 36.8 Å². The highest BCUT2D eigenvalue weighted by Crippen LogP contribution is 2.17. The number of hydrogen-bond donors (Lipinski definition) is 0. The third kappa shape index (κ3) is 4.66. The number of nitrogens with zero attached hydrogens (tertiary/aromatic N) is 3. The second-order valence-electron chi connectivity index (χ2n) is 6.01. The van der Waals surface area contributed by atoms with Gasteiger partial charge < -0.3 is 14.3 Å². The summed E-state index contributed by atoms with van der Waals surface area (Å²) in [4.78, 5) is 16.1. The molecule has 1 aliphatic rings. The van der Waals surface area contributed by atoms with E-state index in [9.17, 15) is 13.4 Å². The smallest absolute Gasteiger partial charge is 0.235 e. The molecule has 1 saturated heterocycles. The van der Waals surface area contributed by atoms with Crippen molar-refractivity contribution in [1.29, 1.82) is 0 Å². The SMILES string of the molecule is Cc1cc(CS(=O)CC(=O)N2CCN(c3ccc(F)cc3)CC2)on1. The van der Waals surface area contributed by atoms with Crippen molar-refractivity contribution in [2.24, 2.45) is 0 Å². The average molecular weight is 365 g/mol. The van der Waals surface area contributed by atoms with Gasteiger partial charge in [0, 0.05) is 48.7 Å². The normalized spacial score (nSPS) is 16.1. The summed E-state index contributed by atoms with van der Waals surface area (Å²) < 4.78 is 30.1. The first-order chi connectivity index (χ1) is 12.0. The molecule has 25 heavy (non-hydrogen) atoms. The van der Waals surface area contributed by atoms with E-state index in [2.05, 4.69) is 10.1 Å². The molecule has 1 unspecified atom stereocenters. The van der Waals surface area contributed by atoms with Crippen LogP contribution in [0, 0.1) is 12.7 Å². The molecule has 6 nitrogen and oxygen atoms in total. The Bertz CT molecular complexity index is 755. The molecule has 1 atom stereocenters. The van der Waals surface area contributed by atoms with Crippen molar-refractivity contribution in [2.45, 2.75) is 12.7 Å². The molecule has 2 aromatic rings. The average Bonchev–Trinajstić information content (AvgIpc) is 3.00. The van der Waals surface area contributed by atoms with Crippen molar-refractivity contribution >= 4 is 22.4 Å². The number of carbonyl (C=O) groups excluding carboxylic acids is 1. The summed E-state index contributed by atoms with van der Waals surface area (Å²) in [5, 5.41) is 3.75. The minimum Gasteiger partial charge on any atom is -0.368 e. The first kappa shape index (κ1) is 17.6. The Kier molecular flexibility index (Phi) is 5.47. The quantitative estimate of drug-likeness (QED) is 0.807. The number of amides is 1. The summed E-state index contributed by atoms with van der Waals surface area (Å²) in [6.07, 6.45) is 0. The van der Waals surface area contributed by atoms with Crippen LogP contribution in [0.5, 0.6) is 0 Å². The lowest BCUT2D eigenvalue weighted by Crippen LogP contribution is -2.50. The topological polar surface area (TPSA) is 66.7 Å². The van der Waals surface area contributed by atoms with Crippen molar-refractivity contribution in [3.05, 3.63) is 47.6 Å². The van der Waals surface area contributed by atoms with Crippen LogP contribution in [-0.2, 0) is 21.3 Å². The largest absolute Gasteiger partial charge is 0.368 e. The van der Waals surface area contributed by atoms with Gasteiger partial charge in [0.1, 0.15) is 17.3 Å². The van der Waals surface area contributed by atoms with Gasteiger partial charge in [-0.25, -0.2) is 4.39 Å². The summed E-state index contributed by atoms with van der Waals surface area (Å²) in [6.45, 7) is 4.27. The van der Waals surface area contributed by atoms with Crippen LogP contribution in [0.15, 0.2) is 34.9 Å². The summed E-state index contributed by atoms with van der Waals surface area (Å²) in [5.41, 5.74) is 1.67. The van der Waals surface area contributed by atoms with Gasteiger partial charge in [-0.05, 0) is 31.2 Å². The van der Waals surface area contributed by atoms with Crippen LogP contribution in [0.1, 0.15) is 11.5 Å². The van der Waals surface area contributed by atoms with E-state index in [4.69, 9.17) is 4.52 Å². The first-order valence-electron chi connectivity index (χ1n) is 8.07. The van der Waals surface area contributed by atoms with E-state index >= 15 is 0 Å². The van der Waals surface area contributed by atoms with Gasteiger partial charge in [-0.15, -0.1) is 0 Å². The zero-order chi connectivity index (χ0) is 17.8. The minimum absolute atomic E-state index is 0.0176. The zero-order valence-corrected chi connectivity index (χ0v) is 14.8.